The van der Waals surface area contributed by atoms with Gasteiger partial charge >= 0.3 is 0 Å². The Morgan fingerprint density at radius 1 is 1.44 bits per heavy atom. The zero-order valence-corrected chi connectivity index (χ0v) is 10.4. The topological polar surface area (TPSA) is 49.6 Å². The van der Waals surface area contributed by atoms with Crippen LogP contribution in [0.4, 0.5) is 0 Å². The maximum Gasteiger partial charge on any atom is 0.236 e. The van der Waals surface area contributed by atoms with E-state index in [1.807, 2.05) is 11.9 Å². The van der Waals surface area contributed by atoms with Crippen molar-refractivity contribution < 1.29 is 4.79 Å². The van der Waals surface area contributed by atoms with Crippen molar-refractivity contribution in [2.75, 3.05) is 26.7 Å². The van der Waals surface area contributed by atoms with E-state index in [1.54, 1.807) is 0 Å². The summed E-state index contributed by atoms with van der Waals surface area (Å²) in [4.78, 5) is 16.1. The molecule has 2 atom stereocenters. The van der Waals surface area contributed by atoms with Crippen molar-refractivity contribution in [3.05, 3.63) is 0 Å². The molecule has 0 aromatic rings. The molecule has 0 spiro atoms. The van der Waals surface area contributed by atoms with Gasteiger partial charge in [-0.3, -0.25) is 9.69 Å². The summed E-state index contributed by atoms with van der Waals surface area (Å²) < 4.78 is 0. The van der Waals surface area contributed by atoms with Crippen LogP contribution in [0.2, 0.25) is 0 Å². The molecular formula is C12H23N3O. The third kappa shape index (κ3) is 2.74. The lowest BCUT2D eigenvalue weighted by molar-refractivity contribution is -0.132. The van der Waals surface area contributed by atoms with Gasteiger partial charge < -0.3 is 10.6 Å². The van der Waals surface area contributed by atoms with Gasteiger partial charge in [-0.05, 0) is 25.2 Å². The Hall–Kier alpha value is -0.610. The van der Waals surface area contributed by atoms with E-state index in [0.717, 1.165) is 19.5 Å². The van der Waals surface area contributed by atoms with Gasteiger partial charge in [-0.1, -0.05) is 6.92 Å². The summed E-state index contributed by atoms with van der Waals surface area (Å²) in [6.45, 7) is 4.68. The molecule has 0 aromatic carbocycles. The number of nitrogens with two attached hydrogens (primary N) is 1. The molecule has 1 saturated carbocycles. The minimum Gasteiger partial charge on any atom is -0.342 e. The van der Waals surface area contributed by atoms with Crippen LogP contribution in [0, 0.1) is 5.92 Å². The fourth-order valence-electron chi connectivity index (χ4n) is 2.36. The van der Waals surface area contributed by atoms with Crippen molar-refractivity contribution >= 4 is 5.91 Å². The number of likely N-dealkylation sites (tertiary alicyclic amines) is 1. The Kier molecular flexibility index (Phi) is 3.50. The first-order valence-electron chi connectivity index (χ1n) is 6.31. The van der Waals surface area contributed by atoms with Crippen LogP contribution < -0.4 is 5.73 Å². The fraction of sp³-hybridized carbons (Fsp3) is 0.917. The second-order valence-corrected chi connectivity index (χ2v) is 5.40. The number of carbonyl (C=O) groups is 1. The van der Waals surface area contributed by atoms with Gasteiger partial charge in [-0.15, -0.1) is 0 Å². The Morgan fingerprint density at radius 3 is 2.69 bits per heavy atom. The quantitative estimate of drug-likeness (QED) is 0.750. The van der Waals surface area contributed by atoms with E-state index in [4.69, 9.17) is 5.73 Å². The van der Waals surface area contributed by atoms with Crippen LogP contribution in [0.1, 0.15) is 26.2 Å². The normalized spacial score (nSPS) is 31.4. The summed E-state index contributed by atoms with van der Waals surface area (Å²) >= 11 is 0. The van der Waals surface area contributed by atoms with E-state index in [1.165, 1.54) is 12.8 Å². The first-order chi connectivity index (χ1) is 7.58. The Morgan fingerprint density at radius 2 is 2.12 bits per heavy atom. The molecule has 0 radical (unpaired) electrons. The third-order valence-corrected chi connectivity index (χ3v) is 3.90. The molecule has 92 valence electrons. The van der Waals surface area contributed by atoms with Crippen molar-refractivity contribution in [3.63, 3.8) is 0 Å². The molecule has 0 aromatic heterocycles. The largest absolute Gasteiger partial charge is 0.342 e. The van der Waals surface area contributed by atoms with E-state index in [0.29, 0.717) is 24.5 Å². The molecule has 16 heavy (non-hydrogen) atoms. The highest BCUT2D eigenvalue weighted by Crippen LogP contribution is 2.25. The summed E-state index contributed by atoms with van der Waals surface area (Å²) in [6.07, 6.45) is 3.38. The van der Waals surface area contributed by atoms with Gasteiger partial charge in [-0.2, -0.15) is 0 Å². The predicted octanol–water partition coefficient (Wildman–Crippen LogP) is 0.276. The zero-order chi connectivity index (χ0) is 11.7. The van der Waals surface area contributed by atoms with Gasteiger partial charge in [0.25, 0.3) is 0 Å². The summed E-state index contributed by atoms with van der Waals surface area (Å²) in [5, 5.41) is 0. The summed E-state index contributed by atoms with van der Waals surface area (Å²) in [5.74, 6) is 0.776. The molecule has 4 heteroatoms. The Balaban J connectivity index is 1.78. The lowest BCUT2D eigenvalue weighted by atomic mass is 9.95. The molecular weight excluding hydrogens is 202 g/mol. The first kappa shape index (κ1) is 11.9. The number of hydrogen-bond donors (Lipinski definition) is 1. The summed E-state index contributed by atoms with van der Waals surface area (Å²) in [7, 11) is 1.93. The van der Waals surface area contributed by atoms with E-state index >= 15 is 0 Å². The predicted molar refractivity (Wildman–Crippen MR) is 64.0 cm³/mol. The van der Waals surface area contributed by atoms with E-state index in [-0.39, 0.29) is 5.91 Å². The van der Waals surface area contributed by atoms with Gasteiger partial charge in [0.2, 0.25) is 5.91 Å². The highest BCUT2D eigenvalue weighted by atomic mass is 16.2. The third-order valence-electron chi connectivity index (χ3n) is 3.90. The summed E-state index contributed by atoms with van der Waals surface area (Å²) in [6, 6.07) is 0.837. The molecule has 2 N–H and O–H groups in total. The number of carbonyl (C=O) groups excluding carboxylic acids is 1. The van der Waals surface area contributed by atoms with Crippen LogP contribution in [0.25, 0.3) is 0 Å². The zero-order valence-electron chi connectivity index (χ0n) is 10.4. The molecule has 1 heterocycles. The van der Waals surface area contributed by atoms with Crippen molar-refractivity contribution in [1.82, 2.24) is 9.80 Å². The van der Waals surface area contributed by atoms with Gasteiger partial charge in [0.1, 0.15) is 0 Å². The lowest BCUT2D eigenvalue weighted by Gasteiger charge is -2.35. The highest BCUT2D eigenvalue weighted by Gasteiger charge is 2.31. The van der Waals surface area contributed by atoms with Crippen molar-refractivity contribution in [2.24, 2.45) is 11.7 Å². The molecule has 4 nitrogen and oxygen atoms in total. The number of likely N-dealkylation sites (N-methyl/N-ethyl adjacent to an activating group) is 1. The monoisotopic (exact) mass is 225 g/mol. The highest BCUT2D eigenvalue weighted by molar-refractivity contribution is 5.78. The van der Waals surface area contributed by atoms with Crippen molar-refractivity contribution in [2.45, 2.75) is 38.3 Å². The van der Waals surface area contributed by atoms with E-state index in [2.05, 4.69) is 11.8 Å². The van der Waals surface area contributed by atoms with Gasteiger partial charge in [0, 0.05) is 32.2 Å². The molecule has 2 aliphatic rings. The van der Waals surface area contributed by atoms with Crippen LogP contribution in [-0.2, 0) is 4.79 Å². The van der Waals surface area contributed by atoms with Crippen LogP contribution in [0.5, 0.6) is 0 Å². The number of piperidine rings is 1. The minimum atomic E-state index is 0.269. The molecule has 0 bridgehead atoms. The van der Waals surface area contributed by atoms with Crippen molar-refractivity contribution in [1.29, 1.82) is 0 Å². The standard InChI is InChI=1S/C12H23N3O/c1-9-7-15(6-5-11(9)13)8-12(16)14(2)10-3-4-10/h9-11H,3-8,13H2,1-2H3. The number of amides is 1. The fourth-order valence-corrected chi connectivity index (χ4v) is 2.36. The average molecular weight is 225 g/mol. The van der Waals surface area contributed by atoms with Crippen LogP contribution in [-0.4, -0.2) is 54.5 Å². The molecule has 1 amide bonds. The van der Waals surface area contributed by atoms with Gasteiger partial charge in [0.05, 0.1) is 6.54 Å². The molecule has 1 aliphatic carbocycles. The summed E-state index contributed by atoms with van der Waals surface area (Å²) in [5.41, 5.74) is 5.97. The smallest absolute Gasteiger partial charge is 0.236 e. The second-order valence-electron chi connectivity index (χ2n) is 5.40. The van der Waals surface area contributed by atoms with Crippen molar-refractivity contribution in [3.8, 4) is 0 Å². The van der Waals surface area contributed by atoms with Crippen LogP contribution in [0.3, 0.4) is 0 Å². The van der Waals surface area contributed by atoms with Gasteiger partial charge in [0.15, 0.2) is 0 Å². The molecule has 2 unspecified atom stereocenters. The first-order valence-corrected chi connectivity index (χ1v) is 6.31. The number of rotatable bonds is 3. The lowest BCUT2D eigenvalue weighted by Crippen LogP contribution is -2.49. The van der Waals surface area contributed by atoms with E-state index < -0.39 is 0 Å². The average Bonchev–Trinajstić information content (AvgIpc) is 3.06. The van der Waals surface area contributed by atoms with Crippen LogP contribution in [0.15, 0.2) is 0 Å². The molecule has 2 fully saturated rings. The molecule has 1 saturated heterocycles. The van der Waals surface area contributed by atoms with Crippen LogP contribution >= 0.6 is 0 Å². The Labute approximate surface area is 97.8 Å². The SMILES string of the molecule is CC1CN(CC(=O)N(C)C2CC2)CCC1N. The number of hydrogen-bond acceptors (Lipinski definition) is 3. The maximum atomic E-state index is 11.9. The minimum absolute atomic E-state index is 0.269. The van der Waals surface area contributed by atoms with Gasteiger partial charge in [-0.25, -0.2) is 0 Å². The molecule has 2 rings (SSSR count). The number of nitrogens with zero attached hydrogens (tertiary/aromatic N) is 2. The van der Waals surface area contributed by atoms with E-state index in [9.17, 15) is 4.79 Å². The Bertz CT molecular complexity index is 265. The maximum absolute atomic E-state index is 11.9. The second kappa shape index (κ2) is 4.72. The molecule has 1 aliphatic heterocycles.